The summed E-state index contributed by atoms with van der Waals surface area (Å²) in [4.78, 5) is 11.4. The summed E-state index contributed by atoms with van der Waals surface area (Å²) in [5.74, 6) is 0.703. The number of aromatic nitrogens is 3. The largest absolute Gasteiger partial charge is 0.480 e. The Labute approximate surface area is 118 Å². The summed E-state index contributed by atoms with van der Waals surface area (Å²) in [6.07, 6.45) is 0.525. The van der Waals surface area contributed by atoms with E-state index in [1.807, 2.05) is 32.4 Å². The van der Waals surface area contributed by atoms with Crippen LogP contribution in [0.15, 0.2) is 5.16 Å². The highest BCUT2D eigenvalue weighted by Gasteiger charge is 2.33. The zero-order valence-corrected chi connectivity index (χ0v) is 12.9. The van der Waals surface area contributed by atoms with Gasteiger partial charge in [0.15, 0.2) is 5.16 Å². The van der Waals surface area contributed by atoms with Gasteiger partial charge < -0.3 is 9.67 Å². The normalized spacial score (nSPS) is 14.6. The first-order valence-corrected chi connectivity index (χ1v) is 7.24. The maximum absolute atomic E-state index is 11.4. The third kappa shape index (κ3) is 4.21. The predicted octanol–water partition coefficient (Wildman–Crippen LogP) is 1.45. The van der Waals surface area contributed by atoms with Crippen LogP contribution in [0.3, 0.4) is 0 Å². The first kappa shape index (κ1) is 16.0. The monoisotopic (exact) mass is 286 g/mol. The van der Waals surface area contributed by atoms with Crippen molar-refractivity contribution < 1.29 is 9.90 Å². The molecule has 6 nitrogen and oxygen atoms in total. The van der Waals surface area contributed by atoms with Gasteiger partial charge in [0.25, 0.3) is 0 Å². The molecule has 108 valence electrons. The Hall–Kier alpha value is -1.08. The predicted molar refractivity (Wildman–Crippen MR) is 75.4 cm³/mol. The summed E-state index contributed by atoms with van der Waals surface area (Å²) < 4.78 is 1.90. The van der Waals surface area contributed by atoms with E-state index in [2.05, 4.69) is 15.5 Å². The Morgan fingerprint density at radius 3 is 2.58 bits per heavy atom. The number of rotatable bonds is 7. The summed E-state index contributed by atoms with van der Waals surface area (Å²) >= 11 is 1.53. The van der Waals surface area contributed by atoms with Crippen molar-refractivity contribution in [3.05, 3.63) is 5.82 Å². The lowest BCUT2D eigenvalue weighted by Crippen LogP contribution is -2.52. The quantitative estimate of drug-likeness (QED) is 0.738. The van der Waals surface area contributed by atoms with Crippen molar-refractivity contribution in [3.8, 4) is 0 Å². The second-order valence-electron chi connectivity index (χ2n) is 5.12. The Bertz CT molecular complexity index is 447. The van der Waals surface area contributed by atoms with E-state index in [0.29, 0.717) is 12.2 Å². The van der Waals surface area contributed by atoms with Gasteiger partial charge in [0.2, 0.25) is 0 Å². The Kier molecular flexibility index (Phi) is 5.37. The zero-order valence-electron chi connectivity index (χ0n) is 12.1. The standard InChI is InChI=1S/C12H22N4O2S/c1-8(2)13-12(4,10(17)18)6-7-19-11-15-14-9(3)16(11)5/h8,13H,6-7H2,1-5H3,(H,17,18). The number of aryl methyl sites for hydroxylation is 1. The van der Waals surface area contributed by atoms with E-state index in [9.17, 15) is 9.90 Å². The van der Waals surface area contributed by atoms with Crippen LogP contribution >= 0.6 is 11.8 Å². The van der Waals surface area contributed by atoms with Crippen LogP contribution in [-0.4, -0.2) is 43.2 Å². The topological polar surface area (TPSA) is 80.0 Å². The van der Waals surface area contributed by atoms with Crippen LogP contribution in [0, 0.1) is 6.92 Å². The van der Waals surface area contributed by atoms with Crippen LogP contribution in [0.5, 0.6) is 0 Å². The van der Waals surface area contributed by atoms with Crippen LogP contribution in [0.1, 0.15) is 33.0 Å². The van der Waals surface area contributed by atoms with Crippen molar-refractivity contribution >= 4 is 17.7 Å². The molecule has 0 bridgehead atoms. The van der Waals surface area contributed by atoms with E-state index in [1.54, 1.807) is 6.92 Å². The summed E-state index contributed by atoms with van der Waals surface area (Å²) in [6.45, 7) is 7.50. The van der Waals surface area contributed by atoms with E-state index < -0.39 is 11.5 Å². The summed E-state index contributed by atoms with van der Waals surface area (Å²) in [5, 5.41) is 21.3. The number of nitrogens with zero attached hydrogens (tertiary/aromatic N) is 3. The summed E-state index contributed by atoms with van der Waals surface area (Å²) in [7, 11) is 1.90. The SMILES string of the molecule is Cc1nnc(SCCC(C)(NC(C)C)C(=O)O)n1C. The maximum Gasteiger partial charge on any atom is 0.323 e. The third-order valence-corrected chi connectivity index (χ3v) is 3.99. The molecular weight excluding hydrogens is 264 g/mol. The third-order valence-electron chi connectivity index (χ3n) is 2.97. The lowest BCUT2D eigenvalue weighted by atomic mass is 9.98. The molecule has 0 amide bonds. The molecule has 1 rings (SSSR count). The fraction of sp³-hybridized carbons (Fsp3) is 0.750. The fourth-order valence-electron chi connectivity index (χ4n) is 1.74. The smallest absolute Gasteiger partial charge is 0.323 e. The minimum atomic E-state index is -0.908. The lowest BCUT2D eigenvalue weighted by Gasteiger charge is -2.28. The molecule has 1 heterocycles. The molecule has 0 aromatic carbocycles. The average Bonchev–Trinajstić information content (AvgIpc) is 2.59. The molecule has 0 saturated heterocycles. The van der Waals surface area contributed by atoms with Gasteiger partial charge in [-0.3, -0.25) is 10.1 Å². The minimum absolute atomic E-state index is 0.128. The number of thioether (sulfide) groups is 1. The number of carbonyl (C=O) groups is 1. The Morgan fingerprint density at radius 1 is 1.53 bits per heavy atom. The molecule has 0 aliphatic heterocycles. The van der Waals surface area contributed by atoms with Crippen LogP contribution in [0.2, 0.25) is 0 Å². The summed E-state index contributed by atoms with van der Waals surface area (Å²) in [6, 6.07) is 0.128. The number of hydrogen-bond acceptors (Lipinski definition) is 5. The first-order chi connectivity index (χ1) is 8.76. The molecule has 19 heavy (non-hydrogen) atoms. The van der Waals surface area contributed by atoms with E-state index in [4.69, 9.17) is 0 Å². The molecule has 0 saturated carbocycles. The first-order valence-electron chi connectivity index (χ1n) is 6.26. The van der Waals surface area contributed by atoms with Gasteiger partial charge >= 0.3 is 5.97 Å². The summed E-state index contributed by atoms with van der Waals surface area (Å²) in [5.41, 5.74) is -0.908. The van der Waals surface area contributed by atoms with E-state index >= 15 is 0 Å². The van der Waals surface area contributed by atoms with E-state index in [0.717, 1.165) is 11.0 Å². The van der Waals surface area contributed by atoms with E-state index in [-0.39, 0.29) is 6.04 Å². The molecule has 2 N–H and O–H groups in total. The molecule has 1 atom stereocenters. The highest BCUT2D eigenvalue weighted by atomic mass is 32.2. The molecule has 7 heteroatoms. The van der Waals surface area contributed by atoms with Gasteiger partial charge in [0, 0.05) is 18.8 Å². The molecule has 0 fully saturated rings. The second-order valence-corrected chi connectivity index (χ2v) is 6.19. The Balaban J connectivity index is 2.58. The molecule has 0 radical (unpaired) electrons. The maximum atomic E-state index is 11.4. The molecular formula is C12H22N4O2S. The van der Waals surface area contributed by atoms with Crippen LogP contribution in [0.25, 0.3) is 0 Å². The van der Waals surface area contributed by atoms with Crippen molar-refractivity contribution in [2.45, 2.75) is 50.9 Å². The zero-order chi connectivity index (χ0) is 14.6. The van der Waals surface area contributed by atoms with Crippen LogP contribution in [-0.2, 0) is 11.8 Å². The number of aliphatic carboxylic acids is 1. The number of carboxylic acid groups (broad SMARTS) is 1. The molecule has 0 aliphatic carbocycles. The highest BCUT2D eigenvalue weighted by molar-refractivity contribution is 7.99. The van der Waals surface area contributed by atoms with Gasteiger partial charge in [-0.2, -0.15) is 0 Å². The van der Waals surface area contributed by atoms with Gasteiger partial charge in [-0.05, 0) is 34.1 Å². The highest BCUT2D eigenvalue weighted by Crippen LogP contribution is 2.21. The molecule has 1 aromatic rings. The number of hydrogen-bond donors (Lipinski definition) is 2. The minimum Gasteiger partial charge on any atom is -0.480 e. The Morgan fingerprint density at radius 2 is 2.16 bits per heavy atom. The van der Waals surface area contributed by atoms with Crippen LogP contribution in [0.4, 0.5) is 0 Å². The van der Waals surface area contributed by atoms with Crippen LogP contribution < -0.4 is 5.32 Å². The molecule has 0 spiro atoms. The van der Waals surface area contributed by atoms with Gasteiger partial charge in [-0.15, -0.1) is 10.2 Å². The van der Waals surface area contributed by atoms with Gasteiger partial charge in [0.1, 0.15) is 11.4 Å². The number of carboxylic acids is 1. The number of nitrogens with one attached hydrogen (secondary N) is 1. The fourth-order valence-corrected chi connectivity index (χ4v) is 2.86. The molecule has 1 unspecified atom stereocenters. The van der Waals surface area contributed by atoms with Crippen molar-refractivity contribution in [2.24, 2.45) is 7.05 Å². The van der Waals surface area contributed by atoms with Crippen molar-refractivity contribution in [2.75, 3.05) is 5.75 Å². The molecule has 0 aliphatic rings. The van der Waals surface area contributed by atoms with Crippen molar-refractivity contribution in [1.82, 2.24) is 20.1 Å². The van der Waals surface area contributed by atoms with Crippen molar-refractivity contribution in [1.29, 1.82) is 0 Å². The lowest BCUT2D eigenvalue weighted by molar-refractivity contribution is -0.144. The van der Waals surface area contributed by atoms with Gasteiger partial charge in [-0.1, -0.05) is 11.8 Å². The molecule has 1 aromatic heterocycles. The van der Waals surface area contributed by atoms with Gasteiger partial charge in [-0.25, -0.2) is 0 Å². The van der Waals surface area contributed by atoms with Crippen molar-refractivity contribution in [3.63, 3.8) is 0 Å². The second kappa shape index (κ2) is 6.38. The average molecular weight is 286 g/mol. The van der Waals surface area contributed by atoms with E-state index in [1.165, 1.54) is 11.8 Å². The van der Waals surface area contributed by atoms with Gasteiger partial charge in [0.05, 0.1) is 0 Å².